The molecule has 6 heterocycles. The summed E-state index contributed by atoms with van der Waals surface area (Å²) in [6.07, 6.45) is 0. The van der Waals surface area contributed by atoms with Crippen LogP contribution < -0.4 is 0 Å². The van der Waals surface area contributed by atoms with Crippen LogP contribution in [0.15, 0.2) is 215 Å². The first-order valence-electron chi connectivity index (χ1n) is 22.4. The maximum atomic E-state index is 6.77. The van der Waals surface area contributed by atoms with E-state index in [-0.39, 0.29) is 0 Å². The first-order chi connectivity index (χ1) is 33.2. The lowest BCUT2D eigenvalue weighted by Crippen LogP contribution is -1.92. The lowest BCUT2D eigenvalue weighted by atomic mass is 10.1. The Morgan fingerprint density at radius 2 is 0.657 bits per heavy atom. The van der Waals surface area contributed by atoms with Gasteiger partial charge in [-0.15, -0.1) is 0 Å². The summed E-state index contributed by atoms with van der Waals surface area (Å²) in [4.78, 5) is 10.6. The number of fused-ring (bicyclic) bond motifs is 22. The molecule has 316 valence electrons. The van der Waals surface area contributed by atoms with E-state index in [0.717, 1.165) is 110 Å². The third-order valence-corrected chi connectivity index (χ3v) is 14.1. The predicted molar refractivity (Wildman–Crippen MR) is 289 cm³/mol. The Bertz CT molecular complexity index is 4460. The van der Waals surface area contributed by atoms with E-state index in [2.05, 4.69) is 230 Å². The van der Waals surface area contributed by atoms with Crippen LogP contribution in [0.1, 0.15) is 0 Å². The monoisotopic (exact) mass is 972 g/mol. The van der Waals surface area contributed by atoms with Crippen molar-refractivity contribution in [3.8, 4) is 5.69 Å². The van der Waals surface area contributed by atoms with Crippen molar-refractivity contribution in [1.82, 2.24) is 19.5 Å². The van der Waals surface area contributed by atoms with Crippen LogP contribution in [-0.2, 0) is 0 Å². The highest BCUT2D eigenvalue weighted by molar-refractivity contribution is 14.1. The van der Waals surface area contributed by atoms with Crippen LogP contribution in [0.4, 0.5) is 0 Å². The topological polar surface area (TPSA) is 78.6 Å². The van der Waals surface area contributed by atoms with E-state index < -0.39 is 0 Å². The van der Waals surface area contributed by atoms with Crippen LogP contribution >= 0.6 is 22.6 Å². The summed E-state index contributed by atoms with van der Waals surface area (Å²) in [6.45, 7) is 0. The molecule has 0 saturated heterocycles. The van der Waals surface area contributed by atoms with Crippen molar-refractivity contribution in [2.24, 2.45) is 0 Å². The van der Waals surface area contributed by atoms with Crippen LogP contribution in [0.2, 0.25) is 0 Å². The van der Waals surface area contributed by atoms with Gasteiger partial charge in [0.05, 0.1) is 49.1 Å². The van der Waals surface area contributed by atoms with Crippen molar-refractivity contribution in [1.29, 1.82) is 0 Å². The molecule has 0 unspecified atom stereocenters. The Kier molecular flexibility index (Phi) is 8.45. The second kappa shape index (κ2) is 14.9. The molecule has 67 heavy (non-hydrogen) atoms. The zero-order valence-corrected chi connectivity index (χ0v) is 37.9. The summed E-state index contributed by atoms with van der Waals surface area (Å²) in [5, 5.41) is 14.1. The zero-order valence-electron chi connectivity index (χ0n) is 35.8. The molecule has 0 aliphatic carbocycles. The van der Waals surface area contributed by atoms with Gasteiger partial charge in [0.25, 0.3) is 0 Å². The average Bonchev–Trinajstić information content (AvgIpc) is 4.23. The smallest absolute Gasteiger partial charge is 0.145 e. The van der Waals surface area contributed by atoms with Crippen molar-refractivity contribution >= 4 is 154 Å². The second-order valence-electron chi connectivity index (χ2n) is 17.1. The molecule has 0 amide bonds. The van der Waals surface area contributed by atoms with E-state index in [4.69, 9.17) is 8.83 Å². The maximum absolute atomic E-state index is 6.77. The number of halogens is 1. The third kappa shape index (κ3) is 5.81. The van der Waals surface area contributed by atoms with Crippen molar-refractivity contribution in [3.05, 3.63) is 210 Å². The van der Waals surface area contributed by atoms with E-state index in [9.17, 15) is 0 Å². The minimum Gasteiger partial charge on any atom is -0.455 e. The number of aromatic nitrogens is 4. The number of benzene rings is 10. The molecule has 16 aromatic rings. The molecule has 6 nitrogen and oxygen atoms in total. The summed E-state index contributed by atoms with van der Waals surface area (Å²) in [5.74, 6) is 0. The number of nitrogens with one attached hydrogen (secondary N) is 3. The van der Waals surface area contributed by atoms with Gasteiger partial charge >= 0.3 is 0 Å². The lowest BCUT2D eigenvalue weighted by molar-refractivity contribution is 0.676. The number of H-pyrrole nitrogens is 3. The molecule has 3 N–H and O–H groups in total. The number of para-hydroxylation sites is 5. The molecule has 10 aromatic carbocycles. The van der Waals surface area contributed by atoms with Gasteiger partial charge in [-0.3, -0.25) is 0 Å². The van der Waals surface area contributed by atoms with Crippen LogP contribution in [0.25, 0.3) is 137 Å². The number of aromatic amines is 3. The third-order valence-electron chi connectivity index (χ3n) is 13.4. The number of rotatable bonds is 1. The normalized spacial score (nSPS) is 12.0. The van der Waals surface area contributed by atoms with E-state index in [1.807, 2.05) is 18.2 Å². The highest BCUT2D eigenvalue weighted by Crippen LogP contribution is 2.44. The van der Waals surface area contributed by atoms with Gasteiger partial charge in [-0.2, -0.15) is 0 Å². The predicted octanol–water partition coefficient (Wildman–Crippen LogP) is 17.5. The minimum absolute atomic E-state index is 0.948. The fourth-order valence-corrected chi connectivity index (χ4v) is 10.9. The van der Waals surface area contributed by atoms with Gasteiger partial charge < -0.3 is 28.4 Å². The van der Waals surface area contributed by atoms with Crippen molar-refractivity contribution in [2.45, 2.75) is 0 Å². The Hall–Kier alpha value is -8.27. The molecule has 7 heteroatoms. The van der Waals surface area contributed by atoms with Gasteiger partial charge in [-0.05, 0) is 120 Å². The first kappa shape index (κ1) is 38.0. The zero-order chi connectivity index (χ0) is 44.2. The van der Waals surface area contributed by atoms with Crippen LogP contribution in [0, 0.1) is 3.57 Å². The fourth-order valence-electron chi connectivity index (χ4n) is 10.5. The van der Waals surface area contributed by atoms with Crippen LogP contribution in [0.3, 0.4) is 0 Å². The number of nitrogens with zero attached hydrogens (tertiary/aromatic N) is 1. The molecule has 0 spiro atoms. The van der Waals surface area contributed by atoms with Gasteiger partial charge in [0.2, 0.25) is 0 Å². The first-order valence-corrected chi connectivity index (χ1v) is 23.5. The second-order valence-corrected chi connectivity index (χ2v) is 18.4. The SMILES string of the molecule is Ic1ccccc1.c1ccc(-n2c3ccccc3c3c4oc5c(ccc6[nH]c7ccccc7c65)c4ccc32)cc1.c1ccc2c(c1)[nH]c1ccc3c4ccc5[nH]c6ccccc6c5c4oc3c12. The van der Waals surface area contributed by atoms with Gasteiger partial charge in [0.15, 0.2) is 0 Å². The maximum Gasteiger partial charge on any atom is 0.145 e. The summed E-state index contributed by atoms with van der Waals surface area (Å²) in [7, 11) is 0. The van der Waals surface area contributed by atoms with Crippen molar-refractivity contribution in [2.75, 3.05) is 0 Å². The van der Waals surface area contributed by atoms with E-state index in [1.54, 1.807) is 0 Å². The molecular weight excluding hydrogens is 936 g/mol. The molecule has 0 aliphatic heterocycles. The van der Waals surface area contributed by atoms with Crippen LogP contribution in [-0.4, -0.2) is 19.5 Å². The van der Waals surface area contributed by atoms with E-state index in [1.165, 1.54) is 30.6 Å². The average molecular weight is 973 g/mol. The van der Waals surface area contributed by atoms with Gasteiger partial charge in [-0.1, -0.05) is 109 Å². The molecule has 0 saturated carbocycles. The fraction of sp³-hybridized carbons (Fsp3) is 0. The minimum atomic E-state index is 0.948. The molecule has 6 aromatic heterocycles. The van der Waals surface area contributed by atoms with Crippen LogP contribution in [0.5, 0.6) is 0 Å². The highest BCUT2D eigenvalue weighted by Gasteiger charge is 2.21. The number of furan rings is 2. The highest BCUT2D eigenvalue weighted by atomic mass is 127. The van der Waals surface area contributed by atoms with Gasteiger partial charge in [-0.25, -0.2) is 0 Å². The molecule has 0 atom stereocenters. The standard InChI is InChI=1S/C30H18N2O.C24H14N2O.C6H5I/c1-2-8-18(9-3-1)32-25-13-7-5-11-22(25)28-26(32)17-15-20-19-14-16-24-27(29(19)33-30(20)28)21-10-4-6-12-23(21)31-24;1-3-7-17-15(5-1)21-19(25-17)11-9-13-14-10-12-20-22(24(14)27-23(13)21)16-6-2-4-8-18(16)26-20;7-6-4-2-1-3-5-6/h1-17,31H;1-12,25-26H;1-5H. The Labute approximate surface area is 395 Å². The quantitative estimate of drug-likeness (QED) is 0.143. The Morgan fingerprint density at radius 1 is 0.284 bits per heavy atom. The largest absolute Gasteiger partial charge is 0.455 e. The molecule has 16 rings (SSSR count). The lowest BCUT2D eigenvalue weighted by Gasteiger charge is -2.07. The molecule has 0 radical (unpaired) electrons. The van der Waals surface area contributed by atoms with E-state index in [0.29, 0.717) is 0 Å². The van der Waals surface area contributed by atoms with Gasteiger partial charge in [0.1, 0.15) is 22.3 Å². The summed E-state index contributed by atoms with van der Waals surface area (Å²) in [5.41, 5.74) is 14.0. The molecule has 0 bridgehead atoms. The Balaban J connectivity index is 0.000000113. The summed E-state index contributed by atoms with van der Waals surface area (Å²) >= 11 is 2.28. The van der Waals surface area contributed by atoms with E-state index >= 15 is 0 Å². The van der Waals surface area contributed by atoms with Gasteiger partial charge in [0, 0.05) is 68.9 Å². The van der Waals surface area contributed by atoms with Crippen molar-refractivity contribution in [3.63, 3.8) is 0 Å². The molecule has 0 aliphatic rings. The summed E-state index contributed by atoms with van der Waals surface area (Å²) < 4.78 is 17.0. The Morgan fingerprint density at radius 3 is 1.10 bits per heavy atom. The van der Waals surface area contributed by atoms with Crippen molar-refractivity contribution < 1.29 is 8.83 Å². The number of hydrogen-bond acceptors (Lipinski definition) is 2. The number of hydrogen-bond donors (Lipinski definition) is 3. The summed E-state index contributed by atoms with van der Waals surface area (Å²) in [6, 6.07) is 72.1. The molecule has 0 fully saturated rings. The molecular formula is C60H37IN4O2.